The Hall–Kier alpha value is -3.07. The summed E-state index contributed by atoms with van der Waals surface area (Å²) < 4.78 is 0. The number of hydrogen-bond donors (Lipinski definition) is 4. The minimum atomic E-state index is -0.522. The number of aromatic amines is 1. The van der Waals surface area contributed by atoms with E-state index in [0.717, 1.165) is 10.9 Å². The van der Waals surface area contributed by atoms with Gasteiger partial charge in [-0.15, -0.1) is 12.6 Å². The van der Waals surface area contributed by atoms with E-state index in [-0.39, 0.29) is 17.9 Å². The van der Waals surface area contributed by atoms with Crippen LogP contribution in [-0.4, -0.2) is 44.9 Å². The van der Waals surface area contributed by atoms with E-state index in [0.29, 0.717) is 23.8 Å². The number of pyridine rings is 1. The number of para-hydroxylation sites is 1. The van der Waals surface area contributed by atoms with E-state index in [1.807, 2.05) is 42.2 Å². The number of fused-ring (bicyclic) bond motifs is 2. The zero-order valence-electron chi connectivity index (χ0n) is 14.5. The van der Waals surface area contributed by atoms with E-state index in [4.69, 9.17) is 0 Å². The highest BCUT2D eigenvalue weighted by molar-refractivity contribution is 7.81. The van der Waals surface area contributed by atoms with Crippen LogP contribution in [0.25, 0.3) is 10.9 Å². The topological polar surface area (TPSA) is 103 Å². The van der Waals surface area contributed by atoms with Crippen LogP contribution < -0.4 is 15.5 Å². The van der Waals surface area contributed by atoms with Crippen molar-refractivity contribution < 1.29 is 9.59 Å². The maximum Gasteiger partial charge on any atom is 0.273 e. The third kappa shape index (κ3) is 3.33. The number of anilines is 1. The molecule has 0 bridgehead atoms. The molecule has 2 atom stereocenters. The van der Waals surface area contributed by atoms with Gasteiger partial charge in [0.1, 0.15) is 16.9 Å². The normalized spacial score (nSPS) is 17.3. The largest absolute Gasteiger partial charge is 0.346 e. The maximum absolute atomic E-state index is 12.6. The lowest BCUT2D eigenvalue weighted by Crippen LogP contribution is -2.54. The van der Waals surface area contributed by atoms with Crippen molar-refractivity contribution in [3.63, 3.8) is 0 Å². The van der Waals surface area contributed by atoms with Gasteiger partial charge in [0.05, 0.1) is 11.8 Å². The summed E-state index contributed by atoms with van der Waals surface area (Å²) in [6.07, 6.45) is 1.46. The Balaban J connectivity index is 1.47. The van der Waals surface area contributed by atoms with E-state index in [2.05, 4.69) is 38.2 Å². The molecule has 3 aromatic rings. The van der Waals surface area contributed by atoms with Gasteiger partial charge < -0.3 is 20.5 Å². The molecule has 0 saturated carbocycles. The second-order valence-electron chi connectivity index (χ2n) is 6.36. The van der Waals surface area contributed by atoms with Crippen molar-refractivity contribution in [2.45, 2.75) is 18.5 Å². The molecule has 1 aliphatic rings. The Labute approximate surface area is 160 Å². The molecular weight excluding hydrogens is 364 g/mol. The molecule has 2 aromatic heterocycles. The van der Waals surface area contributed by atoms with Crippen LogP contribution in [0.4, 0.5) is 5.82 Å². The van der Waals surface area contributed by atoms with Crippen LogP contribution in [0.15, 0.2) is 42.7 Å². The first-order chi connectivity index (χ1) is 13.0. The molecule has 9 heteroatoms. The first kappa shape index (κ1) is 17.3. The Kier molecular flexibility index (Phi) is 4.44. The molecule has 8 nitrogen and oxygen atoms in total. The van der Waals surface area contributed by atoms with Crippen LogP contribution in [0.3, 0.4) is 0 Å². The molecule has 27 heavy (non-hydrogen) atoms. The van der Waals surface area contributed by atoms with Crippen LogP contribution in [0, 0.1) is 0 Å². The number of hydrogen-bond acceptors (Lipinski definition) is 6. The summed E-state index contributed by atoms with van der Waals surface area (Å²) in [6, 6.07) is 11.0. The SMILES string of the molecule is CC(CN1c2nc[nH]c2C(=O)NC1S)NC(=O)c1ccc2ccccc2n1. The lowest BCUT2D eigenvalue weighted by Gasteiger charge is -2.35. The number of H-pyrrole nitrogens is 1. The molecule has 0 spiro atoms. The van der Waals surface area contributed by atoms with Gasteiger partial charge in [-0.05, 0) is 19.1 Å². The van der Waals surface area contributed by atoms with Gasteiger partial charge in [0.15, 0.2) is 5.82 Å². The molecule has 0 aliphatic carbocycles. The lowest BCUT2D eigenvalue weighted by molar-refractivity contribution is 0.0920. The molecule has 3 N–H and O–H groups in total. The van der Waals surface area contributed by atoms with Crippen LogP contribution >= 0.6 is 12.6 Å². The predicted molar refractivity (Wildman–Crippen MR) is 105 cm³/mol. The minimum Gasteiger partial charge on any atom is -0.346 e. The molecule has 2 amide bonds. The monoisotopic (exact) mass is 382 g/mol. The van der Waals surface area contributed by atoms with Crippen molar-refractivity contribution in [3.05, 3.63) is 54.1 Å². The highest BCUT2D eigenvalue weighted by Gasteiger charge is 2.32. The van der Waals surface area contributed by atoms with Crippen molar-refractivity contribution in [2.24, 2.45) is 0 Å². The number of nitrogens with one attached hydrogen (secondary N) is 3. The Morgan fingerprint density at radius 3 is 3.00 bits per heavy atom. The van der Waals surface area contributed by atoms with E-state index in [9.17, 15) is 9.59 Å². The van der Waals surface area contributed by atoms with Gasteiger partial charge >= 0.3 is 0 Å². The van der Waals surface area contributed by atoms with Crippen molar-refractivity contribution in [3.8, 4) is 0 Å². The van der Waals surface area contributed by atoms with Crippen molar-refractivity contribution >= 4 is 41.2 Å². The number of rotatable bonds is 4. The standard InChI is InChI=1S/C18H18N6O2S/c1-10(8-24-15-14(19-9-20-15)17(26)23-18(24)27)21-16(25)13-7-6-11-4-2-3-5-12(11)22-13/h2-7,9-10,18,27H,8H2,1H3,(H,19,20)(H,21,25)(H,23,26). The summed E-state index contributed by atoms with van der Waals surface area (Å²) in [5.74, 6) is 0.00625. The molecule has 138 valence electrons. The third-order valence-corrected chi connectivity index (χ3v) is 4.76. The summed E-state index contributed by atoms with van der Waals surface area (Å²) >= 11 is 4.41. The van der Waals surface area contributed by atoms with Gasteiger partial charge in [-0.25, -0.2) is 9.97 Å². The Morgan fingerprint density at radius 2 is 2.15 bits per heavy atom. The fourth-order valence-electron chi connectivity index (χ4n) is 3.07. The molecular formula is C18H18N6O2S. The van der Waals surface area contributed by atoms with Gasteiger partial charge in [0.25, 0.3) is 11.8 Å². The average Bonchev–Trinajstić information content (AvgIpc) is 3.15. The predicted octanol–water partition coefficient (Wildman–Crippen LogP) is 1.54. The van der Waals surface area contributed by atoms with E-state index in [1.165, 1.54) is 6.33 Å². The first-order valence-electron chi connectivity index (χ1n) is 8.48. The zero-order chi connectivity index (χ0) is 19.0. The second-order valence-corrected chi connectivity index (χ2v) is 6.85. The molecule has 1 aliphatic heterocycles. The van der Waals surface area contributed by atoms with Crippen molar-refractivity contribution in [1.29, 1.82) is 0 Å². The van der Waals surface area contributed by atoms with E-state index in [1.54, 1.807) is 6.07 Å². The number of imidazole rings is 1. The molecule has 3 heterocycles. The number of aromatic nitrogens is 3. The number of nitrogens with zero attached hydrogens (tertiary/aromatic N) is 3. The smallest absolute Gasteiger partial charge is 0.273 e. The summed E-state index contributed by atoms with van der Waals surface area (Å²) in [5, 5.41) is 6.65. The lowest BCUT2D eigenvalue weighted by atomic mass is 10.2. The second kappa shape index (κ2) is 6.92. The summed E-state index contributed by atoms with van der Waals surface area (Å²) in [5.41, 5.74) is 0.991. The quantitative estimate of drug-likeness (QED) is 0.513. The summed E-state index contributed by atoms with van der Waals surface area (Å²) in [4.78, 5) is 37.7. The third-order valence-electron chi connectivity index (χ3n) is 4.35. The van der Waals surface area contributed by atoms with E-state index < -0.39 is 5.50 Å². The molecule has 2 unspecified atom stereocenters. The fourth-order valence-corrected chi connectivity index (χ4v) is 3.39. The van der Waals surface area contributed by atoms with Crippen molar-refractivity contribution in [1.82, 2.24) is 25.6 Å². The van der Waals surface area contributed by atoms with E-state index >= 15 is 0 Å². The van der Waals surface area contributed by atoms with Gasteiger partial charge in [-0.1, -0.05) is 24.3 Å². The number of benzene rings is 1. The van der Waals surface area contributed by atoms with Crippen LogP contribution in [-0.2, 0) is 0 Å². The molecule has 1 aromatic carbocycles. The zero-order valence-corrected chi connectivity index (χ0v) is 15.4. The highest BCUT2D eigenvalue weighted by Crippen LogP contribution is 2.24. The van der Waals surface area contributed by atoms with Gasteiger partial charge in [0.2, 0.25) is 0 Å². The average molecular weight is 382 g/mol. The summed E-state index contributed by atoms with van der Waals surface area (Å²) in [6.45, 7) is 2.30. The van der Waals surface area contributed by atoms with Gasteiger partial charge in [-0.3, -0.25) is 9.59 Å². The highest BCUT2D eigenvalue weighted by atomic mass is 32.1. The van der Waals surface area contributed by atoms with Crippen LogP contribution in [0.5, 0.6) is 0 Å². The Bertz CT molecular complexity index is 1020. The number of thiol groups is 1. The van der Waals surface area contributed by atoms with Crippen LogP contribution in [0.2, 0.25) is 0 Å². The van der Waals surface area contributed by atoms with Gasteiger partial charge in [-0.2, -0.15) is 0 Å². The van der Waals surface area contributed by atoms with Crippen molar-refractivity contribution in [2.75, 3.05) is 11.4 Å². The number of amides is 2. The van der Waals surface area contributed by atoms with Gasteiger partial charge in [0, 0.05) is 18.0 Å². The molecule has 4 rings (SSSR count). The number of carbonyl (C=O) groups excluding carboxylic acids is 2. The van der Waals surface area contributed by atoms with Crippen LogP contribution in [0.1, 0.15) is 27.9 Å². The first-order valence-corrected chi connectivity index (χ1v) is 9.00. The Morgan fingerprint density at radius 1 is 1.33 bits per heavy atom. The minimum absolute atomic E-state index is 0.222. The molecule has 0 fully saturated rings. The maximum atomic E-state index is 12.6. The number of carbonyl (C=O) groups is 2. The fraction of sp³-hybridized carbons (Fsp3) is 0.222. The molecule has 0 saturated heterocycles. The summed E-state index contributed by atoms with van der Waals surface area (Å²) in [7, 11) is 0. The molecule has 0 radical (unpaired) electrons.